The van der Waals surface area contributed by atoms with Crippen molar-refractivity contribution in [1.29, 1.82) is 0 Å². The summed E-state index contributed by atoms with van der Waals surface area (Å²) in [6.45, 7) is 7.02. The van der Waals surface area contributed by atoms with Crippen LogP contribution in [0.3, 0.4) is 0 Å². The number of unbranched alkanes of at least 4 members (excludes halogenated alkanes) is 2. The lowest BCUT2D eigenvalue weighted by Crippen LogP contribution is -2.01. The van der Waals surface area contributed by atoms with Crippen LogP contribution >= 0.6 is 7.60 Å². The van der Waals surface area contributed by atoms with E-state index >= 15 is 0 Å². The third-order valence-electron chi connectivity index (χ3n) is 1.90. The normalized spacial score (nSPS) is 15.4. The molecule has 86 valence electrons. The molecule has 0 aromatic rings. The Kier molecular flexibility index (Phi) is 8.55. The molecular formula is C10H23O3P. The fourth-order valence-corrected chi connectivity index (χ4v) is 2.90. The van der Waals surface area contributed by atoms with Crippen molar-refractivity contribution in [3.63, 3.8) is 0 Å². The molecule has 4 heteroatoms. The minimum atomic E-state index is -2.77. The Bertz CT molecular complexity index is 171. The van der Waals surface area contributed by atoms with Crippen LogP contribution in [0.4, 0.5) is 0 Å². The molecule has 1 atom stereocenters. The van der Waals surface area contributed by atoms with Gasteiger partial charge in [-0.25, -0.2) is 0 Å². The largest absolute Gasteiger partial charge is 0.330 e. The third kappa shape index (κ3) is 6.58. The molecule has 0 aliphatic rings. The molecule has 3 nitrogen and oxygen atoms in total. The SMILES string of the molecule is CCCCOP(=O)(CCCC)OCC. The highest BCUT2D eigenvalue weighted by molar-refractivity contribution is 7.53. The van der Waals surface area contributed by atoms with Crippen LogP contribution < -0.4 is 0 Å². The second-order valence-electron chi connectivity index (χ2n) is 3.29. The molecule has 0 heterocycles. The van der Waals surface area contributed by atoms with E-state index in [0.717, 1.165) is 25.7 Å². The van der Waals surface area contributed by atoms with Crippen molar-refractivity contribution < 1.29 is 13.6 Å². The molecule has 1 unspecified atom stereocenters. The van der Waals surface area contributed by atoms with Crippen molar-refractivity contribution in [1.82, 2.24) is 0 Å². The summed E-state index contributed by atoms with van der Waals surface area (Å²) >= 11 is 0. The highest BCUT2D eigenvalue weighted by atomic mass is 31.2. The van der Waals surface area contributed by atoms with Crippen LogP contribution in [-0.2, 0) is 13.6 Å². The highest BCUT2D eigenvalue weighted by Gasteiger charge is 2.22. The maximum absolute atomic E-state index is 12.0. The van der Waals surface area contributed by atoms with Gasteiger partial charge in [0.1, 0.15) is 0 Å². The lowest BCUT2D eigenvalue weighted by Gasteiger charge is -2.17. The van der Waals surface area contributed by atoms with Gasteiger partial charge in [0.25, 0.3) is 0 Å². The van der Waals surface area contributed by atoms with Crippen molar-refractivity contribution in [2.24, 2.45) is 0 Å². The summed E-state index contributed by atoms with van der Waals surface area (Å²) in [5.74, 6) is 0. The van der Waals surface area contributed by atoms with Crippen LogP contribution in [0.5, 0.6) is 0 Å². The van der Waals surface area contributed by atoms with Gasteiger partial charge in [-0.15, -0.1) is 0 Å². The molecule has 0 saturated heterocycles. The fourth-order valence-electron chi connectivity index (χ4n) is 1.06. The van der Waals surface area contributed by atoms with Gasteiger partial charge in [0.15, 0.2) is 0 Å². The summed E-state index contributed by atoms with van der Waals surface area (Å²) in [7, 11) is -2.77. The first-order chi connectivity index (χ1) is 6.68. The van der Waals surface area contributed by atoms with Crippen molar-refractivity contribution in [2.75, 3.05) is 19.4 Å². The zero-order valence-electron chi connectivity index (χ0n) is 9.62. The molecule has 0 aromatic heterocycles. The van der Waals surface area contributed by atoms with Crippen LogP contribution in [0, 0.1) is 0 Å². The summed E-state index contributed by atoms with van der Waals surface area (Å²) < 4.78 is 22.6. The van der Waals surface area contributed by atoms with E-state index in [4.69, 9.17) is 9.05 Å². The van der Waals surface area contributed by atoms with Crippen LogP contribution in [-0.4, -0.2) is 19.4 Å². The van der Waals surface area contributed by atoms with Gasteiger partial charge in [0, 0.05) is 0 Å². The standard InChI is InChI=1S/C10H23O3P/c1-4-7-9-13-14(11,12-6-3)10-8-5-2/h4-10H2,1-3H3. The molecule has 0 radical (unpaired) electrons. The van der Waals surface area contributed by atoms with Gasteiger partial charge in [-0.3, -0.25) is 4.57 Å². The zero-order chi connectivity index (χ0) is 10.9. The second kappa shape index (κ2) is 8.46. The lowest BCUT2D eigenvalue weighted by molar-refractivity contribution is 0.209. The Morgan fingerprint density at radius 1 is 1.00 bits per heavy atom. The fraction of sp³-hybridized carbons (Fsp3) is 1.00. The quantitative estimate of drug-likeness (QED) is 0.439. The maximum atomic E-state index is 12.0. The molecule has 14 heavy (non-hydrogen) atoms. The summed E-state index contributed by atoms with van der Waals surface area (Å²) in [5.41, 5.74) is 0. The summed E-state index contributed by atoms with van der Waals surface area (Å²) in [6.07, 6.45) is 4.49. The van der Waals surface area contributed by atoms with Crippen molar-refractivity contribution in [3.8, 4) is 0 Å². The highest BCUT2D eigenvalue weighted by Crippen LogP contribution is 2.48. The molecule has 0 fully saturated rings. The van der Waals surface area contributed by atoms with E-state index in [2.05, 4.69) is 13.8 Å². The zero-order valence-corrected chi connectivity index (χ0v) is 10.5. The molecule has 0 saturated carbocycles. The van der Waals surface area contributed by atoms with Gasteiger partial charge in [-0.05, 0) is 19.8 Å². The Hall–Kier alpha value is 0.150. The van der Waals surface area contributed by atoms with Crippen molar-refractivity contribution in [3.05, 3.63) is 0 Å². The molecule has 0 rings (SSSR count). The first-order valence-electron chi connectivity index (χ1n) is 5.56. The van der Waals surface area contributed by atoms with E-state index in [0.29, 0.717) is 19.4 Å². The minimum absolute atomic E-state index is 0.465. The Labute approximate surface area is 87.7 Å². The summed E-state index contributed by atoms with van der Waals surface area (Å²) in [5, 5.41) is 0. The Balaban J connectivity index is 3.89. The third-order valence-corrected chi connectivity index (χ3v) is 3.99. The Morgan fingerprint density at radius 2 is 1.64 bits per heavy atom. The van der Waals surface area contributed by atoms with Crippen LogP contribution in [0.25, 0.3) is 0 Å². The monoisotopic (exact) mass is 222 g/mol. The smallest absolute Gasteiger partial charge is 0.309 e. The lowest BCUT2D eigenvalue weighted by atomic mass is 10.4. The van der Waals surface area contributed by atoms with E-state index in [1.165, 1.54) is 0 Å². The van der Waals surface area contributed by atoms with Crippen LogP contribution in [0.2, 0.25) is 0 Å². The predicted molar refractivity (Wildman–Crippen MR) is 59.9 cm³/mol. The van der Waals surface area contributed by atoms with Gasteiger partial charge < -0.3 is 9.05 Å². The van der Waals surface area contributed by atoms with E-state index in [-0.39, 0.29) is 0 Å². The van der Waals surface area contributed by atoms with E-state index in [9.17, 15) is 4.57 Å². The molecule has 0 aliphatic carbocycles. The molecule has 0 amide bonds. The maximum Gasteiger partial charge on any atom is 0.330 e. The molecule has 0 bridgehead atoms. The van der Waals surface area contributed by atoms with Gasteiger partial charge in [0.2, 0.25) is 0 Å². The van der Waals surface area contributed by atoms with Crippen molar-refractivity contribution >= 4 is 7.60 Å². The van der Waals surface area contributed by atoms with Gasteiger partial charge >= 0.3 is 7.60 Å². The van der Waals surface area contributed by atoms with E-state index < -0.39 is 7.60 Å². The molecule has 0 N–H and O–H groups in total. The van der Waals surface area contributed by atoms with Gasteiger partial charge in [-0.1, -0.05) is 26.7 Å². The van der Waals surface area contributed by atoms with Gasteiger partial charge in [0.05, 0.1) is 19.4 Å². The van der Waals surface area contributed by atoms with E-state index in [1.54, 1.807) is 0 Å². The van der Waals surface area contributed by atoms with E-state index in [1.807, 2.05) is 6.92 Å². The average molecular weight is 222 g/mol. The van der Waals surface area contributed by atoms with Crippen molar-refractivity contribution in [2.45, 2.75) is 46.5 Å². The van der Waals surface area contributed by atoms with Crippen LogP contribution in [0.15, 0.2) is 0 Å². The number of hydrogen-bond acceptors (Lipinski definition) is 3. The van der Waals surface area contributed by atoms with Crippen LogP contribution in [0.1, 0.15) is 46.5 Å². The topological polar surface area (TPSA) is 35.5 Å². The summed E-state index contributed by atoms with van der Waals surface area (Å²) in [6, 6.07) is 0. The first kappa shape index (κ1) is 14.2. The van der Waals surface area contributed by atoms with Gasteiger partial charge in [-0.2, -0.15) is 0 Å². The minimum Gasteiger partial charge on any atom is -0.309 e. The first-order valence-corrected chi connectivity index (χ1v) is 7.29. The predicted octanol–water partition coefficient (Wildman–Crippen LogP) is 3.83. The summed E-state index contributed by atoms with van der Waals surface area (Å²) in [4.78, 5) is 0. The number of hydrogen-bond donors (Lipinski definition) is 0. The molecule has 0 aromatic carbocycles. The average Bonchev–Trinajstić information content (AvgIpc) is 2.16. The number of rotatable bonds is 9. The molecule has 0 spiro atoms. The molecule has 0 aliphatic heterocycles. The second-order valence-corrected chi connectivity index (χ2v) is 5.48. The molecular weight excluding hydrogens is 199 g/mol. The Morgan fingerprint density at radius 3 is 2.14 bits per heavy atom.